The van der Waals surface area contributed by atoms with Crippen molar-refractivity contribution < 1.29 is 10.2 Å². The average molecular weight is 595 g/mol. The maximum atomic E-state index is 14.3. The topological polar surface area (TPSA) is 61.4 Å². The van der Waals surface area contributed by atoms with Gasteiger partial charge in [-0.3, -0.25) is 0 Å². The monoisotopic (exact) mass is 594 g/mol. The van der Waals surface area contributed by atoms with Crippen LogP contribution in [0.25, 0.3) is 43.1 Å². The summed E-state index contributed by atoms with van der Waals surface area (Å²) in [6, 6.07) is 33.9. The molecule has 1 fully saturated rings. The summed E-state index contributed by atoms with van der Waals surface area (Å²) >= 11 is 0. The zero-order chi connectivity index (χ0) is 31.1. The summed E-state index contributed by atoms with van der Waals surface area (Å²) in [4.78, 5) is 2.51. The van der Waals surface area contributed by atoms with Crippen LogP contribution in [0.3, 0.4) is 0 Å². The van der Waals surface area contributed by atoms with Crippen molar-refractivity contribution in [2.75, 3.05) is 30.4 Å². The van der Waals surface area contributed by atoms with Gasteiger partial charge in [0.15, 0.2) is 0 Å². The van der Waals surface area contributed by atoms with Gasteiger partial charge < -0.3 is 20.4 Å². The van der Waals surface area contributed by atoms with E-state index in [0.29, 0.717) is 0 Å². The van der Waals surface area contributed by atoms with E-state index in [-0.39, 0.29) is 0 Å². The molecule has 6 aromatic rings. The third kappa shape index (κ3) is 5.10. The minimum atomic E-state index is -1.01. The van der Waals surface area contributed by atoms with Crippen molar-refractivity contribution in [1.82, 2.24) is 0 Å². The van der Waals surface area contributed by atoms with E-state index in [9.17, 15) is 10.2 Å². The molecule has 0 aliphatic heterocycles. The molecule has 1 saturated carbocycles. The second kappa shape index (κ2) is 12.3. The van der Waals surface area contributed by atoms with Crippen LogP contribution in [0, 0.1) is 0 Å². The summed E-state index contributed by atoms with van der Waals surface area (Å²) in [5.74, 6) is -1.18. The predicted molar refractivity (Wildman–Crippen MR) is 188 cm³/mol. The molecule has 0 heterocycles. The molecule has 6 aromatic carbocycles. The minimum Gasteiger partial charge on any atom is -0.851 e. The van der Waals surface area contributed by atoms with E-state index >= 15 is 0 Å². The molecule has 4 heteroatoms. The summed E-state index contributed by atoms with van der Waals surface area (Å²) in [6.45, 7) is 6.48. The van der Waals surface area contributed by atoms with Crippen LogP contribution in [0.2, 0.25) is 0 Å². The highest BCUT2D eigenvalue weighted by atomic mass is 16.3. The number of hydrogen-bond acceptors (Lipinski definition) is 4. The molecular formula is C41H42N2O2-2. The number of nitrogens with one attached hydrogen (secondary N) is 1. The van der Waals surface area contributed by atoms with Crippen LogP contribution in [-0.2, 0) is 0 Å². The third-order valence-electron chi connectivity index (χ3n) is 10.1. The zero-order valence-corrected chi connectivity index (χ0v) is 26.6. The Morgan fingerprint density at radius 3 is 1.51 bits per heavy atom. The van der Waals surface area contributed by atoms with Gasteiger partial charge in [-0.25, -0.2) is 0 Å². The average Bonchev–Trinajstić information content (AvgIpc) is 3.07. The fraction of sp³-hybridized carbons (Fsp3) is 0.317. The summed E-state index contributed by atoms with van der Waals surface area (Å²) in [6.07, 6.45) is 2.51. The van der Waals surface area contributed by atoms with Gasteiger partial charge in [0.1, 0.15) is 0 Å². The Morgan fingerprint density at radius 2 is 1.02 bits per heavy atom. The summed E-state index contributed by atoms with van der Waals surface area (Å²) in [5.41, 5.74) is 4.00. The second-order valence-electron chi connectivity index (χ2n) is 12.8. The van der Waals surface area contributed by atoms with Crippen LogP contribution in [0.4, 0.5) is 11.4 Å². The van der Waals surface area contributed by atoms with E-state index in [0.717, 1.165) is 93.3 Å². The molecule has 7 rings (SSSR count). The molecule has 45 heavy (non-hydrogen) atoms. The molecule has 2 unspecified atom stereocenters. The lowest BCUT2D eigenvalue weighted by molar-refractivity contribution is -0.535. The summed E-state index contributed by atoms with van der Waals surface area (Å²) in [7, 11) is 1.92. The van der Waals surface area contributed by atoms with E-state index in [1.807, 2.05) is 31.3 Å². The lowest BCUT2D eigenvalue weighted by Gasteiger charge is -2.62. The molecule has 0 aromatic heterocycles. The van der Waals surface area contributed by atoms with Gasteiger partial charge in [0.2, 0.25) is 0 Å². The summed E-state index contributed by atoms with van der Waals surface area (Å²) in [5, 5.41) is 40.7. The molecule has 230 valence electrons. The fourth-order valence-corrected chi connectivity index (χ4v) is 7.60. The van der Waals surface area contributed by atoms with Crippen LogP contribution < -0.4 is 20.4 Å². The first-order valence-electron chi connectivity index (χ1n) is 16.7. The number of anilines is 2. The van der Waals surface area contributed by atoms with E-state index < -0.39 is 24.0 Å². The van der Waals surface area contributed by atoms with Crippen molar-refractivity contribution in [2.24, 2.45) is 0 Å². The Hall–Kier alpha value is -4.12. The molecule has 0 radical (unpaired) electrons. The van der Waals surface area contributed by atoms with Crippen molar-refractivity contribution in [1.29, 1.82) is 0 Å². The zero-order valence-electron chi connectivity index (χ0n) is 26.6. The Bertz CT molecular complexity index is 1980. The molecule has 0 spiro atoms. The summed E-state index contributed by atoms with van der Waals surface area (Å²) < 4.78 is 0. The maximum Gasteiger partial charge on any atom is 0.0446 e. The first-order chi connectivity index (χ1) is 22.0. The number of fused-ring (bicyclic) bond motifs is 4. The third-order valence-corrected chi connectivity index (χ3v) is 10.1. The lowest BCUT2D eigenvalue weighted by atomic mass is 9.62. The number of benzene rings is 6. The van der Waals surface area contributed by atoms with Crippen molar-refractivity contribution >= 4 is 54.5 Å². The van der Waals surface area contributed by atoms with Crippen LogP contribution in [0.15, 0.2) is 97.1 Å². The molecule has 0 amide bonds. The number of unbranched alkanes of at least 4 members (excludes halogenated alkanes) is 2. The first kappa shape index (κ1) is 29.6. The van der Waals surface area contributed by atoms with E-state index in [1.165, 1.54) is 11.1 Å². The van der Waals surface area contributed by atoms with Crippen LogP contribution in [0.1, 0.15) is 62.5 Å². The number of hydrogen-bond donors (Lipinski definition) is 1. The smallest absolute Gasteiger partial charge is 0.0446 e. The Balaban J connectivity index is 1.33. The van der Waals surface area contributed by atoms with Gasteiger partial charge in [-0.15, -0.1) is 12.2 Å². The van der Waals surface area contributed by atoms with Crippen LogP contribution >= 0.6 is 0 Å². The molecule has 2 atom stereocenters. The molecule has 0 saturated heterocycles. The van der Waals surface area contributed by atoms with Crippen molar-refractivity contribution in [3.63, 3.8) is 0 Å². The van der Waals surface area contributed by atoms with E-state index in [2.05, 4.69) is 96.9 Å². The molecule has 4 nitrogen and oxygen atoms in total. The van der Waals surface area contributed by atoms with Crippen molar-refractivity contribution in [3.05, 3.63) is 108 Å². The number of rotatable bonds is 10. The highest BCUT2D eigenvalue weighted by Gasteiger charge is 2.40. The van der Waals surface area contributed by atoms with Crippen LogP contribution in [-0.4, -0.2) is 32.3 Å². The normalized spacial score (nSPS) is 19.8. The van der Waals surface area contributed by atoms with Gasteiger partial charge in [-0.1, -0.05) is 87.4 Å². The van der Waals surface area contributed by atoms with Gasteiger partial charge in [-0.2, -0.15) is 0 Å². The van der Waals surface area contributed by atoms with Gasteiger partial charge in [0, 0.05) is 42.3 Å². The standard InChI is InChI=1S/C41H42N2O2/c1-4-6-20-43(21-7-5-2)37-19-17-31(33-23-27-13-9-11-15-29(27)25-35(33)37)39-40(44)38(41(39)45)30-16-18-36(42-3)34-24-28-14-10-8-12-26(28)22-32(30)34/h8-19,22-25,38-42H,4-7,20-21H2,1-3H3/q-2. The van der Waals surface area contributed by atoms with Gasteiger partial charge >= 0.3 is 0 Å². The van der Waals surface area contributed by atoms with E-state index in [1.54, 1.807) is 0 Å². The highest BCUT2D eigenvalue weighted by molar-refractivity contribution is 6.07. The second-order valence-corrected chi connectivity index (χ2v) is 12.8. The minimum absolute atomic E-state index is 0.591. The maximum absolute atomic E-state index is 14.3. The Kier molecular flexibility index (Phi) is 8.12. The van der Waals surface area contributed by atoms with Gasteiger partial charge in [0.05, 0.1) is 0 Å². The van der Waals surface area contributed by atoms with Crippen LogP contribution in [0.5, 0.6) is 0 Å². The molecule has 0 bridgehead atoms. The van der Waals surface area contributed by atoms with Crippen molar-refractivity contribution in [3.8, 4) is 0 Å². The van der Waals surface area contributed by atoms with Gasteiger partial charge in [0.25, 0.3) is 0 Å². The SMILES string of the molecule is CCCCN(CCCC)c1ccc(C2C([O-])C(c3ccc(NC)c4cc5ccccc5cc34)C2[O-])c2cc3ccccc3cc12. The Labute approximate surface area is 266 Å². The van der Waals surface area contributed by atoms with Gasteiger partial charge in [-0.05, 0) is 105 Å². The predicted octanol–water partition coefficient (Wildman–Crippen LogP) is 8.09. The molecule has 1 aliphatic carbocycles. The highest BCUT2D eigenvalue weighted by Crippen LogP contribution is 2.50. The van der Waals surface area contributed by atoms with Crippen molar-refractivity contribution in [2.45, 2.75) is 63.6 Å². The molecule has 1 N–H and O–H groups in total. The lowest BCUT2D eigenvalue weighted by Crippen LogP contribution is -2.63. The fourth-order valence-electron chi connectivity index (χ4n) is 7.60. The first-order valence-corrected chi connectivity index (χ1v) is 16.7. The van der Waals surface area contributed by atoms with E-state index in [4.69, 9.17) is 0 Å². The number of nitrogens with zero attached hydrogens (tertiary/aromatic N) is 1. The molecular weight excluding hydrogens is 552 g/mol. The quantitative estimate of drug-likeness (QED) is 0.163. The Morgan fingerprint density at radius 1 is 0.578 bits per heavy atom. The molecule has 1 aliphatic rings. The largest absolute Gasteiger partial charge is 0.851 e.